The van der Waals surface area contributed by atoms with Gasteiger partial charge in [0.15, 0.2) is 0 Å². The number of hydrogen-bond acceptors (Lipinski definition) is 5. The second-order valence-electron chi connectivity index (χ2n) is 3.79. The van der Waals surface area contributed by atoms with Crippen LogP contribution in [-0.2, 0) is 4.74 Å². The first-order chi connectivity index (χ1) is 8.61. The zero-order valence-corrected chi connectivity index (χ0v) is 12.4. The van der Waals surface area contributed by atoms with E-state index in [-0.39, 0.29) is 11.3 Å². The van der Waals surface area contributed by atoms with Crippen LogP contribution in [0, 0.1) is 6.92 Å². The van der Waals surface area contributed by atoms with Gasteiger partial charge in [-0.2, -0.15) is 0 Å². The Balaban J connectivity index is 2.22. The second kappa shape index (κ2) is 8.26. The molecule has 100 valence electrons. The van der Waals surface area contributed by atoms with E-state index in [0.717, 1.165) is 10.6 Å². The van der Waals surface area contributed by atoms with Gasteiger partial charge in [-0.3, -0.25) is 0 Å². The van der Waals surface area contributed by atoms with E-state index >= 15 is 0 Å². The number of alkyl carbamates (subject to hydrolysis) is 1. The molecule has 1 atom stereocenters. The van der Waals surface area contributed by atoms with Gasteiger partial charge in [-0.1, -0.05) is 16.9 Å². The summed E-state index contributed by atoms with van der Waals surface area (Å²) in [5.74, 6) is 0. The maximum absolute atomic E-state index is 11.1. The molecular weight excluding hydrogens is 268 g/mol. The Kier molecular flexibility index (Phi) is 6.97. The molecule has 0 aliphatic carbocycles. The van der Waals surface area contributed by atoms with E-state index in [1.165, 1.54) is 0 Å². The van der Waals surface area contributed by atoms with Gasteiger partial charge in [0.1, 0.15) is 11.6 Å². The predicted molar refractivity (Wildman–Crippen MR) is 76.9 cm³/mol. The van der Waals surface area contributed by atoms with Crippen molar-refractivity contribution in [1.29, 1.82) is 0 Å². The minimum Gasteiger partial charge on any atom is -0.448 e. The third-order valence-corrected chi connectivity index (χ3v) is 4.71. The van der Waals surface area contributed by atoms with E-state index in [1.807, 2.05) is 39.1 Å². The molecule has 0 radical (unpaired) electrons. The van der Waals surface area contributed by atoms with Gasteiger partial charge >= 0.3 is 6.09 Å². The van der Waals surface area contributed by atoms with Crippen molar-refractivity contribution in [3.8, 4) is 0 Å². The lowest BCUT2D eigenvalue weighted by molar-refractivity contribution is 0.148. The summed E-state index contributed by atoms with van der Waals surface area (Å²) in [6.45, 7) is 6.87. The smallest absolute Gasteiger partial charge is 0.407 e. The van der Waals surface area contributed by atoms with Crippen LogP contribution >= 0.6 is 21.6 Å². The van der Waals surface area contributed by atoms with Gasteiger partial charge < -0.3 is 10.1 Å². The average Bonchev–Trinajstić information content (AvgIpc) is 2.36. The van der Waals surface area contributed by atoms with Gasteiger partial charge in [-0.15, -0.1) is 0 Å². The number of amides is 1. The third kappa shape index (κ3) is 6.16. The van der Waals surface area contributed by atoms with Crippen LogP contribution < -0.4 is 5.32 Å². The van der Waals surface area contributed by atoms with Gasteiger partial charge in [-0.05, 0) is 43.2 Å². The van der Waals surface area contributed by atoms with E-state index in [0.29, 0.717) is 13.2 Å². The summed E-state index contributed by atoms with van der Waals surface area (Å²) in [5, 5.41) is 3.78. The number of carbonyl (C=O) groups excluding carboxylic acids is 1. The minimum absolute atomic E-state index is 0.223. The van der Waals surface area contributed by atoms with Gasteiger partial charge in [0.2, 0.25) is 0 Å². The number of nitrogens with zero attached hydrogens (tertiary/aromatic N) is 1. The Hall–Kier alpha value is -0.880. The molecular formula is C12H18N2O2S2. The lowest BCUT2D eigenvalue weighted by Crippen LogP contribution is -2.25. The van der Waals surface area contributed by atoms with E-state index in [2.05, 4.69) is 10.3 Å². The van der Waals surface area contributed by atoms with Gasteiger partial charge in [0.25, 0.3) is 0 Å². The molecule has 1 aromatic rings. The topological polar surface area (TPSA) is 51.2 Å². The molecule has 1 N–H and O–H groups in total. The number of aryl methyl sites for hydroxylation is 1. The Morgan fingerprint density at radius 3 is 2.94 bits per heavy atom. The molecule has 0 bridgehead atoms. The molecule has 1 heterocycles. The van der Waals surface area contributed by atoms with Crippen molar-refractivity contribution in [2.75, 3.05) is 13.2 Å². The zero-order chi connectivity index (χ0) is 13.4. The van der Waals surface area contributed by atoms with Crippen molar-refractivity contribution in [1.82, 2.24) is 10.3 Å². The van der Waals surface area contributed by atoms with E-state index in [4.69, 9.17) is 4.74 Å². The molecule has 6 heteroatoms. The fourth-order valence-electron chi connectivity index (χ4n) is 1.05. The number of pyridine rings is 1. The molecule has 0 aliphatic rings. The molecule has 0 spiro atoms. The maximum Gasteiger partial charge on any atom is 0.407 e. The van der Waals surface area contributed by atoms with Crippen molar-refractivity contribution in [3.05, 3.63) is 23.9 Å². The number of rotatable bonds is 6. The Morgan fingerprint density at radius 1 is 1.56 bits per heavy atom. The lowest BCUT2D eigenvalue weighted by atomic mass is 10.3. The first-order valence-corrected chi connectivity index (χ1v) is 7.99. The predicted octanol–water partition coefficient (Wildman–Crippen LogP) is 3.26. The van der Waals surface area contributed by atoms with E-state index < -0.39 is 0 Å². The Morgan fingerprint density at radius 2 is 2.33 bits per heavy atom. The second-order valence-corrected chi connectivity index (χ2v) is 6.45. The largest absolute Gasteiger partial charge is 0.448 e. The van der Waals surface area contributed by atoms with Crippen molar-refractivity contribution < 1.29 is 9.53 Å². The zero-order valence-electron chi connectivity index (χ0n) is 10.8. The maximum atomic E-state index is 11.1. The molecule has 18 heavy (non-hydrogen) atoms. The number of ether oxygens (including phenoxy) is 1. The highest BCUT2D eigenvalue weighted by atomic mass is 33.1. The highest BCUT2D eigenvalue weighted by molar-refractivity contribution is 8.76. The first kappa shape index (κ1) is 15.2. The highest BCUT2D eigenvalue weighted by Gasteiger charge is 2.08. The van der Waals surface area contributed by atoms with Crippen LogP contribution in [0.1, 0.15) is 19.4 Å². The number of nitrogens with one attached hydrogen (secondary N) is 1. The summed E-state index contributed by atoms with van der Waals surface area (Å²) >= 11 is 0. The van der Waals surface area contributed by atoms with Crippen LogP contribution in [0.2, 0.25) is 0 Å². The number of aromatic nitrogens is 1. The normalized spacial score (nSPS) is 11.9. The molecule has 0 saturated carbocycles. The molecule has 1 aromatic heterocycles. The summed E-state index contributed by atoms with van der Waals surface area (Å²) in [5.41, 5.74) is 1.15. The average molecular weight is 286 g/mol. The van der Waals surface area contributed by atoms with Crippen LogP contribution in [0.4, 0.5) is 4.79 Å². The SMILES string of the molecule is CCNC(=O)OCC(C)SSc1ccc(C)cn1. The standard InChI is InChI=1S/C12H18N2O2S2/c1-4-13-12(15)16-8-10(3)17-18-11-6-5-9(2)7-14-11/h5-7,10H,4,8H2,1-3H3,(H,13,15). The lowest BCUT2D eigenvalue weighted by Gasteiger charge is -2.11. The fraction of sp³-hybridized carbons (Fsp3) is 0.500. The molecule has 1 amide bonds. The summed E-state index contributed by atoms with van der Waals surface area (Å²) in [6, 6.07) is 4.02. The molecule has 1 unspecified atom stereocenters. The van der Waals surface area contributed by atoms with Crippen molar-refractivity contribution in [2.24, 2.45) is 0 Å². The quantitative estimate of drug-likeness (QED) is 0.813. The molecule has 0 saturated heterocycles. The minimum atomic E-state index is -0.358. The van der Waals surface area contributed by atoms with Crippen molar-refractivity contribution in [2.45, 2.75) is 31.0 Å². The third-order valence-electron chi connectivity index (χ3n) is 1.95. The first-order valence-electron chi connectivity index (χ1n) is 5.78. The molecule has 0 aliphatic heterocycles. The highest BCUT2D eigenvalue weighted by Crippen LogP contribution is 2.33. The van der Waals surface area contributed by atoms with Crippen LogP contribution in [0.25, 0.3) is 0 Å². The van der Waals surface area contributed by atoms with Gasteiger partial charge in [0.05, 0.1) is 0 Å². The van der Waals surface area contributed by atoms with Crippen LogP contribution in [0.3, 0.4) is 0 Å². The Bertz CT molecular complexity index is 371. The summed E-state index contributed by atoms with van der Waals surface area (Å²) in [6.07, 6.45) is 1.49. The van der Waals surface area contributed by atoms with Gasteiger partial charge in [-0.25, -0.2) is 9.78 Å². The van der Waals surface area contributed by atoms with Crippen molar-refractivity contribution >= 4 is 27.7 Å². The Labute approximate surface area is 116 Å². The van der Waals surface area contributed by atoms with Crippen LogP contribution in [0.15, 0.2) is 23.4 Å². The fourth-order valence-corrected chi connectivity index (χ4v) is 2.91. The summed E-state index contributed by atoms with van der Waals surface area (Å²) in [7, 11) is 3.24. The van der Waals surface area contributed by atoms with E-state index in [9.17, 15) is 4.79 Å². The summed E-state index contributed by atoms with van der Waals surface area (Å²) in [4.78, 5) is 15.4. The monoisotopic (exact) mass is 286 g/mol. The summed E-state index contributed by atoms with van der Waals surface area (Å²) < 4.78 is 5.05. The molecule has 1 rings (SSSR count). The number of carbonyl (C=O) groups is 1. The number of hydrogen-bond donors (Lipinski definition) is 1. The molecule has 4 nitrogen and oxygen atoms in total. The van der Waals surface area contributed by atoms with Gasteiger partial charge in [0, 0.05) is 18.0 Å². The van der Waals surface area contributed by atoms with Crippen LogP contribution in [0.5, 0.6) is 0 Å². The van der Waals surface area contributed by atoms with E-state index in [1.54, 1.807) is 21.6 Å². The van der Waals surface area contributed by atoms with Crippen molar-refractivity contribution in [3.63, 3.8) is 0 Å². The molecule has 0 aromatic carbocycles. The van der Waals surface area contributed by atoms with Crippen LogP contribution in [-0.4, -0.2) is 29.5 Å². The molecule has 0 fully saturated rings.